The monoisotopic (exact) mass is 584 g/mol. The Bertz CT molecular complexity index is 1560. The Kier molecular flexibility index (Phi) is 8.89. The number of rotatable bonds is 8. The summed E-state index contributed by atoms with van der Waals surface area (Å²) in [5.41, 5.74) is 1.47. The average Bonchev–Trinajstić information content (AvgIpc) is 3.04. The Labute approximate surface area is 248 Å². The summed E-state index contributed by atoms with van der Waals surface area (Å²) in [5.74, 6) is -0.946. The van der Waals surface area contributed by atoms with E-state index in [0.717, 1.165) is 38.5 Å². The minimum absolute atomic E-state index is 0.121. The van der Waals surface area contributed by atoms with E-state index in [4.69, 9.17) is 0 Å². The van der Waals surface area contributed by atoms with E-state index in [-0.39, 0.29) is 46.3 Å². The lowest BCUT2D eigenvalue weighted by Crippen LogP contribution is -2.39. The summed E-state index contributed by atoms with van der Waals surface area (Å²) in [6.45, 7) is 2.35. The summed E-state index contributed by atoms with van der Waals surface area (Å²) in [4.78, 5) is 66.9. The molecule has 2 heterocycles. The minimum atomic E-state index is -0.558. The van der Waals surface area contributed by atoms with E-state index in [0.29, 0.717) is 42.9 Å². The first-order valence-corrected chi connectivity index (χ1v) is 14.5. The molecule has 0 N–H and O–H groups in total. The van der Waals surface area contributed by atoms with Gasteiger partial charge in [0.1, 0.15) is 0 Å². The predicted molar refractivity (Wildman–Crippen MR) is 159 cm³/mol. The van der Waals surface area contributed by atoms with Crippen LogP contribution in [0, 0.1) is 20.2 Å². The van der Waals surface area contributed by atoms with E-state index in [9.17, 15) is 34.6 Å². The van der Waals surface area contributed by atoms with Crippen LogP contribution in [-0.4, -0.2) is 63.4 Å². The van der Waals surface area contributed by atoms with Gasteiger partial charge in [-0.3, -0.25) is 34.6 Å². The molecule has 11 nitrogen and oxygen atoms in total. The molecule has 3 aromatic rings. The first-order chi connectivity index (χ1) is 20.7. The molecule has 0 aromatic heterocycles. The van der Waals surface area contributed by atoms with E-state index in [1.54, 1.807) is 21.9 Å². The van der Waals surface area contributed by atoms with Gasteiger partial charge in [0.15, 0.2) is 5.78 Å². The van der Waals surface area contributed by atoms with Gasteiger partial charge in [0.2, 0.25) is 5.91 Å². The molecule has 2 aliphatic rings. The fourth-order valence-electron chi connectivity index (χ4n) is 5.85. The maximum Gasteiger partial charge on any atom is 0.269 e. The van der Waals surface area contributed by atoms with Crippen molar-refractivity contribution in [3.05, 3.63) is 103 Å². The van der Waals surface area contributed by atoms with E-state index in [1.807, 2.05) is 0 Å². The number of piperidine rings is 2. The van der Waals surface area contributed by atoms with Crippen LogP contribution in [0.2, 0.25) is 0 Å². The van der Waals surface area contributed by atoms with Crippen molar-refractivity contribution in [2.75, 3.05) is 26.2 Å². The van der Waals surface area contributed by atoms with E-state index < -0.39 is 15.6 Å². The molecule has 0 spiro atoms. The molecule has 43 heavy (non-hydrogen) atoms. The topological polar surface area (TPSA) is 144 Å². The molecule has 2 saturated heterocycles. The predicted octanol–water partition coefficient (Wildman–Crippen LogP) is 5.58. The molecule has 2 aliphatic heterocycles. The van der Waals surface area contributed by atoms with Gasteiger partial charge in [-0.2, -0.15) is 0 Å². The molecule has 222 valence electrons. The van der Waals surface area contributed by atoms with Gasteiger partial charge in [-0.25, -0.2) is 0 Å². The third-order valence-corrected chi connectivity index (χ3v) is 8.18. The fraction of sp³-hybridized carbons (Fsp3) is 0.344. The van der Waals surface area contributed by atoms with Crippen LogP contribution < -0.4 is 0 Å². The largest absolute Gasteiger partial charge is 0.342 e. The van der Waals surface area contributed by atoms with Gasteiger partial charge < -0.3 is 9.80 Å². The number of benzene rings is 3. The maximum absolute atomic E-state index is 14.3. The number of hydrogen-bond donors (Lipinski definition) is 0. The molecule has 5 rings (SSSR count). The summed E-state index contributed by atoms with van der Waals surface area (Å²) in [7, 11) is 0. The lowest BCUT2D eigenvalue weighted by atomic mass is 9.85. The Balaban J connectivity index is 1.69. The zero-order valence-electron chi connectivity index (χ0n) is 23.7. The van der Waals surface area contributed by atoms with Gasteiger partial charge in [0.25, 0.3) is 17.3 Å². The molecule has 2 fully saturated rings. The van der Waals surface area contributed by atoms with Crippen molar-refractivity contribution >= 4 is 29.0 Å². The molecule has 0 radical (unpaired) electrons. The third-order valence-electron chi connectivity index (χ3n) is 8.18. The molecule has 0 unspecified atom stereocenters. The Morgan fingerprint density at radius 2 is 1.16 bits per heavy atom. The van der Waals surface area contributed by atoms with Gasteiger partial charge in [-0.1, -0.05) is 6.07 Å². The van der Waals surface area contributed by atoms with Crippen LogP contribution >= 0.6 is 0 Å². The molecule has 0 aliphatic carbocycles. The number of ketones is 1. The molecule has 0 bridgehead atoms. The highest BCUT2D eigenvalue weighted by atomic mass is 16.6. The number of likely N-dealkylation sites (tertiary alicyclic amines) is 2. The number of nitrogens with zero attached hydrogens (tertiary/aromatic N) is 4. The van der Waals surface area contributed by atoms with Crippen LogP contribution in [0.5, 0.6) is 0 Å². The van der Waals surface area contributed by atoms with Crippen molar-refractivity contribution in [2.24, 2.45) is 0 Å². The maximum atomic E-state index is 14.3. The molecule has 11 heteroatoms. The average molecular weight is 585 g/mol. The van der Waals surface area contributed by atoms with Gasteiger partial charge in [0.05, 0.1) is 16.3 Å². The van der Waals surface area contributed by atoms with Crippen molar-refractivity contribution in [1.82, 2.24) is 9.80 Å². The van der Waals surface area contributed by atoms with Crippen LogP contribution in [0.3, 0.4) is 0 Å². The first kappa shape index (κ1) is 29.6. The number of nitro groups is 2. The second-order valence-corrected chi connectivity index (χ2v) is 10.9. The molecule has 3 aromatic carbocycles. The number of nitro benzene ring substituents is 2. The summed E-state index contributed by atoms with van der Waals surface area (Å²) < 4.78 is 0. The zero-order chi connectivity index (χ0) is 30.5. The van der Waals surface area contributed by atoms with Crippen LogP contribution in [0.25, 0.3) is 11.1 Å². The lowest BCUT2D eigenvalue weighted by molar-refractivity contribution is -0.385. The smallest absolute Gasteiger partial charge is 0.269 e. The van der Waals surface area contributed by atoms with Gasteiger partial charge in [-0.15, -0.1) is 0 Å². The first-order valence-electron chi connectivity index (χ1n) is 14.5. The second kappa shape index (κ2) is 12.9. The van der Waals surface area contributed by atoms with Crippen LogP contribution in [0.1, 0.15) is 70.4 Å². The Morgan fingerprint density at radius 3 is 1.70 bits per heavy atom. The minimum Gasteiger partial charge on any atom is -0.342 e. The molecular weight excluding hydrogens is 552 g/mol. The van der Waals surface area contributed by atoms with Gasteiger partial charge in [0, 0.05) is 67.1 Å². The van der Waals surface area contributed by atoms with Crippen molar-refractivity contribution in [3.63, 3.8) is 0 Å². The SMILES string of the molecule is O=C(c1ccc([N+](=O)[O-])cc1)c1c(-c2ccc([N+](=O)[O-])cc2)ccc(C(=O)N2CCCCC2)c1CC(=O)N1CCCCC1. The number of carbonyl (C=O) groups excluding carboxylic acids is 3. The number of carbonyl (C=O) groups is 3. The lowest BCUT2D eigenvalue weighted by Gasteiger charge is -2.30. The van der Waals surface area contributed by atoms with Crippen LogP contribution in [0.4, 0.5) is 11.4 Å². The van der Waals surface area contributed by atoms with Crippen molar-refractivity contribution in [3.8, 4) is 11.1 Å². The molecule has 2 amide bonds. The highest BCUT2D eigenvalue weighted by Crippen LogP contribution is 2.34. The van der Waals surface area contributed by atoms with Crippen LogP contribution in [-0.2, 0) is 11.2 Å². The van der Waals surface area contributed by atoms with Crippen molar-refractivity contribution in [2.45, 2.75) is 44.9 Å². The Morgan fingerprint density at radius 1 is 0.651 bits per heavy atom. The quantitative estimate of drug-likeness (QED) is 0.191. The van der Waals surface area contributed by atoms with E-state index in [2.05, 4.69) is 0 Å². The van der Waals surface area contributed by atoms with Crippen molar-refractivity contribution in [1.29, 1.82) is 0 Å². The van der Waals surface area contributed by atoms with Crippen molar-refractivity contribution < 1.29 is 24.2 Å². The van der Waals surface area contributed by atoms with Gasteiger partial charge >= 0.3 is 0 Å². The van der Waals surface area contributed by atoms with E-state index in [1.165, 1.54) is 48.5 Å². The molecular formula is C32H32N4O7. The summed E-state index contributed by atoms with van der Waals surface area (Å²) in [6, 6.07) is 14.2. The second-order valence-electron chi connectivity index (χ2n) is 10.9. The molecule has 0 atom stereocenters. The number of amides is 2. The third kappa shape index (κ3) is 6.45. The zero-order valence-corrected chi connectivity index (χ0v) is 23.7. The number of non-ortho nitro benzene ring substituents is 2. The van der Waals surface area contributed by atoms with E-state index >= 15 is 0 Å². The van der Waals surface area contributed by atoms with Gasteiger partial charge in [-0.05, 0) is 85.5 Å². The highest BCUT2D eigenvalue weighted by molar-refractivity contribution is 6.16. The highest BCUT2D eigenvalue weighted by Gasteiger charge is 2.30. The fourth-order valence-corrected chi connectivity index (χ4v) is 5.85. The number of hydrogen-bond acceptors (Lipinski definition) is 7. The normalized spacial score (nSPS) is 15.2. The summed E-state index contributed by atoms with van der Waals surface area (Å²) in [5, 5.41) is 22.5. The summed E-state index contributed by atoms with van der Waals surface area (Å²) in [6.07, 6.45) is 5.36. The summed E-state index contributed by atoms with van der Waals surface area (Å²) >= 11 is 0. The standard InChI is InChI=1S/C32H32N4O7/c37-29(33-17-3-1-4-18-33)21-28-27(32(39)34-19-5-2-6-20-34)16-15-26(22-7-11-24(12-8-22)35(40)41)30(28)31(38)23-9-13-25(14-10-23)36(42)43/h7-16H,1-6,17-21H2. The Hall–Kier alpha value is -4.93. The van der Waals surface area contributed by atoms with Crippen LogP contribution in [0.15, 0.2) is 60.7 Å². The molecule has 0 saturated carbocycles.